The highest BCUT2D eigenvalue weighted by atomic mass is 35.5. The van der Waals surface area contributed by atoms with Gasteiger partial charge in [0.1, 0.15) is 0 Å². The number of halogens is 1. The topological polar surface area (TPSA) is 42.9 Å². The number of hydrogen-bond acceptors (Lipinski definition) is 2. The van der Waals surface area contributed by atoms with E-state index in [2.05, 4.69) is 17.0 Å². The number of nitrogens with two attached hydrogens (primary N) is 1. The summed E-state index contributed by atoms with van der Waals surface area (Å²) in [5.74, 6) is 0.577. The Morgan fingerprint density at radius 2 is 2.27 bits per heavy atom. The fourth-order valence-corrected chi connectivity index (χ4v) is 1.37. The quantitative estimate of drug-likeness (QED) is 0.419. The van der Waals surface area contributed by atoms with Gasteiger partial charge in [-0.3, -0.25) is 0 Å². The Morgan fingerprint density at radius 1 is 1.64 bits per heavy atom. The van der Waals surface area contributed by atoms with Crippen LogP contribution in [0.1, 0.15) is 13.3 Å². The van der Waals surface area contributed by atoms with Crippen molar-refractivity contribution in [2.45, 2.75) is 19.4 Å². The lowest BCUT2D eigenvalue weighted by Gasteiger charge is -2.02. The van der Waals surface area contributed by atoms with Gasteiger partial charge in [-0.05, 0) is 0 Å². The minimum atomic E-state index is -0.0793. The molecule has 11 heavy (non-hydrogen) atoms. The van der Waals surface area contributed by atoms with Crippen LogP contribution in [-0.2, 0) is 9.53 Å². The van der Waals surface area contributed by atoms with Crippen LogP contribution >= 0.6 is 0 Å². The summed E-state index contributed by atoms with van der Waals surface area (Å²) in [6.07, 6.45) is 0.965. The average molecular weight is 180 g/mol. The average Bonchev–Trinajstić information content (AvgIpc) is 2.34. The van der Waals surface area contributed by atoms with Gasteiger partial charge in [-0.1, -0.05) is 6.92 Å². The normalized spacial score (nSPS) is 29.3. The van der Waals surface area contributed by atoms with Crippen molar-refractivity contribution in [2.75, 3.05) is 13.7 Å². The van der Waals surface area contributed by atoms with E-state index in [0.29, 0.717) is 5.92 Å². The van der Waals surface area contributed by atoms with Crippen molar-refractivity contribution in [1.82, 2.24) is 0 Å². The molecule has 0 spiro atoms. The van der Waals surface area contributed by atoms with Gasteiger partial charge in [-0.25, -0.2) is 4.79 Å². The third-order valence-corrected chi connectivity index (χ3v) is 1.98. The summed E-state index contributed by atoms with van der Waals surface area (Å²) in [6.45, 7) is 3.21. The summed E-state index contributed by atoms with van der Waals surface area (Å²) in [7, 11) is 1.44. The largest absolute Gasteiger partial charge is 1.00 e. The molecule has 0 aromatic carbocycles. The molecule has 66 valence electrons. The molecule has 1 fully saturated rings. The first kappa shape index (κ1) is 10.7. The number of carbonyl (C=O) groups excluding carboxylic acids is 1. The number of quaternary nitrogens is 1. The van der Waals surface area contributed by atoms with Crippen molar-refractivity contribution in [3.8, 4) is 0 Å². The standard InChI is InChI=1S/C7H13NO2.ClH/c1-5-3-6(8-4-5)7(9)10-2;/h5-6,8H,3-4H2,1-2H3;1H. The molecule has 0 aromatic rings. The molecule has 1 saturated heterocycles. The second kappa shape index (κ2) is 4.57. The molecule has 2 N–H and O–H groups in total. The summed E-state index contributed by atoms with van der Waals surface area (Å²) in [6, 6.07) is 0.0694. The molecular weight excluding hydrogens is 166 g/mol. The van der Waals surface area contributed by atoms with Gasteiger partial charge in [0.15, 0.2) is 6.04 Å². The molecule has 0 bridgehead atoms. The maximum absolute atomic E-state index is 10.9. The van der Waals surface area contributed by atoms with Gasteiger partial charge in [0, 0.05) is 12.3 Å². The van der Waals surface area contributed by atoms with E-state index < -0.39 is 0 Å². The van der Waals surface area contributed by atoms with Crippen LogP contribution in [0.25, 0.3) is 0 Å². The minimum absolute atomic E-state index is 0. The lowest BCUT2D eigenvalue weighted by atomic mass is 10.1. The molecule has 2 atom stereocenters. The molecule has 0 aromatic heterocycles. The number of hydrogen-bond donors (Lipinski definition) is 1. The fourth-order valence-electron chi connectivity index (χ4n) is 1.37. The van der Waals surface area contributed by atoms with E-state index in [1.165, 1.54) is 7.11 Å². The van der Waals surface area contributed by atoms with E-state index in [0.717, 1.165) is 13.0 Å². The maximum atomic E-state index is 10.9. The van der Waals surface area contributed by atoms with Gasteiger partial charge in [0.05, 0.1) is 13.7 Å². The van der Waals surface area contributed by atoms with Crippen LogP contribution in [0.2, 0.25) is 0 Å². The predicted molar refractivity (Wildman–Crippen MR) is 36.4 cm³/mol. The first-order chi connectivity index (χ1) is 4.74. The molecule has 2 unspecified atom stereocenters. The fraction of sp³-hybridized carbons (Fsp3) is 0.857. The highest BCUT2D eigenvalue weighted by molar-refractivity contribution is 5.74. The van der Waals surface area contributed by atoms with Crippen LogP contribution in [-0.4, -0.2) is 25.7 Å². The Hall–Kier alpha value is -0.280. The van der Waals surface area contributed by atoms with E-state index in [9.17, 15) is 4.79 Å². The van der Waals surface area contributed by atoms with Crippen molar-refractivity contribution in [1.29, 1.82) is 0 Å². The van der Waals surface area contributed by atoms with Crippen LogP contribution in [0.5, 0.6) is 0 Å². The van der Waals surface area contributed by atoms with Crippen LogP contribution < -0.4 is 17.7 Å². The monoisotopic (exact) mass is 179 g/mol. The highest BCUT2D eigenvalue weighted by Gasteiger charge is 2.31. The molecular formula is C7H14ClNO2. The molecule has 1 aliphatic heterocycles. The van der Waals surface area contributed by atoms with Crippen LogP contribution in [0, 0.1) is 5.92 Å². The third kappa shape index (κ3) is 2.67. The van der Waals surface area contributed by atoms with Gasteiger partial charge in [-0.2, -0.15) is 0 Å². The second-order valence-corrected chi connectivity index (χ2v) is 2.94. The summed E-state index contributed by atoms with van der Waals surface area (Å²) in [5, 5.41) is 2.05. The van der Waals surface area contributed by atoms with E-state index >= 15 is 0 Å². The summed E-state index contributed by atoms with van der Waals surface area (Å²) >= 11 is 0. The highest BCUT2D eigenvalue weighted by Crippen LogP contribution is 2.06. The number of esters is 1. The van der Waals surface area contributed by atoms with Crippen molar-refractivity contribution >= 4 is 5.97 Å². The SMILES string of the molecule is COC(=O)C1CC(C)C[NH2+]1.[Cl-]. The Labute approximate surface area is 72.9 Å². The number of carbonyl (C=O) groups is 1. The number of methoxy groups -OCH3 is 1. The summed E-state index contributed by atoms with van der Waals surface area (Å²) in [5.41, 5.74) is 0. The van der Waals surface area contributed by atoms with E-state index in [-0.39, 0.29) is 24.4 Å². The zero-order valence-corrected chi connectivity index (χ0v) is 7.60. The molecule has 0 amide bonds. The van der Waals surface area contributed by atoms with E-state index in [4.69, 9.17) is 0 Å². The van der Waals surface area contributed by atoms with E-state index in [1.807, 2.05) is 0 Å². The Kier molecular flexibility index (Phi) is 4.45. The zero-order valence-electron chi connectivity index (χ0n) is 6.84. The first-order valence-corrected chi connectivity index (χ1v) is 3.65. The number of rotatable bonds is 1. The van der Waals surface area contributed by atoms with Gasteiger partial charge < -0.3 is 22.5 Å². The third-order valence-electron chi connectivity index (χ3n) is 1.98. The molecule has 1 rings (SSSR count). The van der Waals surface area contributed by atoms with Crippen molar-refractivity contribution in [2.24, 2.45) is 5.92 Å². The van der Waals surface area contributed by atoms with Gasteiger partial charge in [-0.15, -0.1) is 0 Å². The first-order valence-electron chi connectivity index (χ1n) is 3.65. The number of ether oxygens (including phenoxy) is 1. The second-order valence-electron chi connectivity index (χ2n) is 2.94. The summed E-state index contributed by atoms with van der Waals surface area (Å²) < 4.78 is 4.61. The van der Waals surface area contributed by atoms with Crippen LogP contribution in [0.15, 0.2) is 0 Å². The Morgan fingerprint density at radius 3 is 2.64 bits per heavy atom. The summed E-state index contributed by atoms with van der Waals surface area (Å²) in [4.78, 5) is 10.9. The minimum Gasteiger partial charge on any atom is -1.00 e. The van der Waals surface area contributed by atoms with Crippen molar-refractivity contribution < 1.29 is 27.3 Å². The van der Waals surface area contributed by atoms with Crippen molar-refractivity contribution in [3.05, 3.63) is 0 Å². The van der Waals surface area contributed by atoms with Gasteiger partial charge >= 0.3 is 5.97 Å². The Bertz CT molecular complexity index is 140. The predicted octanol–water partition coefficient (Wildman–Crippen LogP) is -3.86. The molecule has 4 heteroatoms. The zero-order chi connectivity index (χ0) is 7.56. The van der Waals surface area contributed by atoms with Gasteiger partial charge in [0.25, 0.3) is 0 Å². The molecule has 0 saturated carbocycles. The molecule has 0 radical (unpaired) electrons. The smallest absolute Gasteiger partial charge is 0.364 e. The molecule has 1 heterocycles. The van der Waals surface area contributed by atoms with E-state index in [1.54, 1.807) is 0 Å². The maximum Gasteiger partial charge on any atom is 0.364 e. The van der Waals surface area contributed by atoms with Gasteiger partial charge in [0.2, 0.25) is 0 Å². The van der Waals surface area contributed by atoms with Crippen LogP contribution in [0.4, 0.5) is 0 Å². The Balaban J connectivity index is 0.000001000. The lowest BCUT2D eigenvalue weighted by molar-refractivity contribution is -0.660. The van der Waals surface area contributed by atoms with Crippen LogP contribution in [0.3, 0.4) is 0 Å². The molecule has 3 nitrogen and oxygen atoms in total. The lowest BCUT2D eigenvalue weighted by Crippen LogP contribution is -3.00. The molecule has 1 aliphatic rings. The van der Waals surface area contributed by atoms with Crippen molar-refractivity contribution in [3.63, 3.8) is 0 Å². The molecule has 0 aliphatic carbocycles.